The third kappa shape index (κ3) is 3.59. The summed E-state index contributed by atoms with van der Waals surface area (Å²) in [5.41, 5.74) is 1.16. The van der Waals surface area contributed by atoms with Crippen LogP contribution < -0.4 is 5.32 Å². The maximum absolute atomic E-state index is 6.27. The molecular weight excluding hydrogens is 274 g/mol. The number of hydrogen-bond acceptors (Lipinski definition) is 2. The Morgan fingerprint density at radius 2 is 1.79 bits per heavy atom. The van der Waals surface area contributed by atoms with Crippen LogP contribution in [0.4, 0.5) is 0 Å². The SMILES string of the molecule is CC(C)C(N[C@H](C)c1ccccc1Cl)c1cccs1. The van der Waals surface area contributed by atoms with Crippen molar-refractivity contribution in [1.82, 2.24) is 5.32 Å². The zero-order valence-electron chi connectivity index (χ0n) is 11.6. The lowest BCUT2D eigenvalue weighted by Crippen LogP contribution is -2.28. The van der Waals surface area contributed by atoms with E-state index in [2.05, 4.69) is 49.7 Å². The van der Waals surface area contributed by atoms with Crippen molar-refractivity contribution in [2.45, 2.75) is 32.9 Å². The van der Waals surface area contributed by atoms with Crippen molar-refractivity contribution in [2.75, 3.05) is 0 Å². The summed E-state index contributed by atoms with van der Waals surface area (Å²) in [7, 11) is 0. The second-order valence-electron chi connectivity index (χ2n) is 5.15. The summed E-state index contributed by atoms with van der Waals surface area (Å²) in [6, 6.07) is 13.0. The average Bonchev–Trinajstić information content (AvgIpc) is 2.89. The summed E-state index contributed by atoms with van der Waals surface area (Å²) >= 11 is 8.07. The van der Waals surface area contributed by atoms with Gasteiger partial charge in [0.2, 0.25) is 0 Å². The van der Waals surface area contributed by atoms with Crippen LogP contribution in [0.15, 0.2) is 41.8 Å². The van der Waals surface area contributed by atoms with E-state index >= 15 is 0 Å². The molecule has 0 aliphatic rings. The van der Waals surface area contributed by atoms with Crippen molar-refractivity contribution < 1.29 is 0 Å². The fourth-order valence-corrected chi connectivity index (χ4v) is 3.51. The second kappa shape index (κ2) is 6.56. The highest BCUT2D eigenvalue weighted by Gasteiger charge is 2.20. The molecule has 0 saturated carbocycles. The number of thiophene rings is 1. The van der Waals surface area contributed by atoms with Gasteiger partial charge in [-0.2, -0.15) is 0 Å². The Bertz CT molecular complexity index is 507. The fourth-order valence-electron chi connectivity index (χ4n) is 2.26. The molecule has 2 atom stereocenters. The maximum atomic E-state index is 6.27. The van der Waals surface area contributed by atoms with E-state index in [1.54, 1.807) is 11.3 Å². The third-order valence-electron chi connectivity index (χ3n) is 3.32. The van der Waals surface area contributed by atoms with E-state index in [9.17, 15) is 0 Å². The largest absolute Gasteiger partial charge is 0.302 e. The van der Waals surface area contributed by atoms with E-state index in [4.69, 9.17) is 11.6 Å². The maximum Gasteiger partial charge on any atom is 0.0453 e. The zero-order chi connectivity index (χ0) is 13.8. The minimum Gasteiger partial charge on any atom is -0.302 e. The normalized spacial score (nSPS) is 14.6. The second-order valence-corrected chi connectivity index (χ2v) is 6.53. The van der Waals surface area contributed by atoms with E-state index in [0.717, 1.165) is 10.6 Å². The molecule has 1 unspecified atom stereocenters. The van der Waals surface area contributed by atoms with Crippen molar-refractivity contribution in [2.24, 2.45) is 5.92 Å². The molecule has 2 aromatic rings. The van der Waals surface area contributed by atoms with Crippen LogP contribution in [0.5, 0.6) is 0 Å². The first kappa shape index (κ1) is 14.6. The molecule has 0 amide bonds. The van der Waals surface area contributed by atoms with Crippen LogP contribution >= 0.6 is 22.9 Å². The Morgan fingerprint density at radius 3 is 2.37 bits per heavy atom. The molecule has 0 aliphatic heterocycles. The highest BCUT2D eigenvalue weighted by atomic mass is 35.5. The molecule has 3 heteroatoms. The van der Waals surface area contributed by atoms with Gasteiger partial charge in [0.1, 0.15) is 0 Å². The first-order chi connectivity index (χ1) is 9.09. The lowest BCUT2D eigenvalue weighted by Gasteiger charge is -2.26. The van der Waals surface area contributed by atoms with Crippen LogP contribution in [0.3, 0.4) is 0 Å². The van der Waals surface area contributed by atoms with Crippen molar-refractivity contribution >= 4 is 22.9 Å². The Kier molecular flexibility index (Phi) is 5.03. The summed E-state index contributed by atoms with van der Waals surface area (Å²) < 4.78 is 0. The summed E-state index contributed by atoms with van der Waals surface area (Å²) in [5.74, 6) is 0.545. The molecule has 1 heterocycles. The van der Waals surface area contributed by atoms with Crippen molar-refractivity contribution in [3.63, 3.8) is 0 Å². The lowest BCUT2D eigenvalue weighted by molar-refractivity contribution is 0.379. The minimum absolute atomic E-state index is 0.239. The molecule has 0 fully saturated rings. The Hall–Kier alpha value is -0.830. The lowest BCUT2D eigenvalue weighted by atomic mass is 10.00. The van der Waals surface area contributed by atoms with Gasteiger partial charge in [-0.25, -0.2) is 0 Å². The number of rotatable bonds is 5. The van der Waals surface area contributed by atoms with Gasteiger partial charge < -0.3 is 5.32 Å². The van der Waals surface area contributed by atoms with Crippen LogP contribution in [0.25, 0.3) is 0 Å². The van der Waals surface area contributed by atoms with E-state index in [-0.39, 0.29) is 6.04 Å². The number of nitrogens with one attached hydrogen (secondary N) is 1. The predicted molar refractivity (Wildman–Crippen MR) is 84.9 cm³/mol. The fraction of sp³-hybridized carbons (Fsp3) is 0.375. The van der Waals surface area contributed by atoms with Gasteiger partial charge in [0, 0.05) is 22.0 Å². The van der Waals surface area contributed by atoms with Gasteiger partial charge in [0.25, 0.3) is 0 Å². The summed E-state index contributed by atoms with van der Waals surface area (Å²) in [6.07, 6.45) is 0. The van der Waals surface area contributed by atoms with Gasteiger partial charge in [0.15, 0.2) is 0 Å². The van der Waals surface area contributed by atoms with Crippen molar-refractivity contribution in [1.29, 1.82) is 0 Å². The van der Waals surface area contributed by atoms with Crippen LogP contribution in [0.1, 0.15) is 43.3 Å². The molecule has 1 aromatic carbocycles. The zero-order valence-corrected chi connectivity index (χ0v) is 13.1. The predicted octanol–water partition coefficient (Wildman–Crippen LogP) is 5.45. The molecule has 0 spiro atoms. The molecule has 1 N–H and O–H groups in total. The summed E-state index contributed by atoms with van der Waals surface area (Å²) in [6.45, 7) is 6.66. The smallest absolute Gasteiger partial charge is 0.0453 e. The van der Waals surface area contributed by atoms with Crippen LogP contribution in [-0.2, 0) is 0 Å². The molecular formula is C16H20ClNS. The van der Waals surface area contributed by atoms with Gasteiger partial charge in [-0.05, 0) is 35.9 Å². The van der Waals surface area contributed by atoms with Crippen LogP contribution in [-0.4, -0.2) is 0 Å². The quantitative estimate of drug-likeness (QED) is 0.773. The Morgan fingerprint density at radius 1 is 1.05 bits per heavy atom. The van der Waals surface area contributed by atoms with Gasteiger partial charge in [0.05, 0.1) is 0 Å². The van der Waals surface area contributed by atoms with Gasteiger partial charge >= 0.3 is 0 Å². The average molecular weight is 294 g/mol. The highest BCUT2D eigenvalue weighted by Crippen LogP contribution is 2.30. The standard InChI is InChI=1S/C16H20ClNS/c1-11(2)16(15-9-6-10-19-15)18-12(3)13-7-4-5-8-14(13)17/h4-12,16,18H,1-3H3/t12-,16?/m1/s1. The molecule has 2 rings (SSSR count). The molecule has 0 radical (unpaired) electrons. The monoisotopic (exact) mass is 293 g/mol. The molecule has 0 aliphatic carbocycles. The Labute approximate surface area is 124 Å². The first-order valence-corrected chi connectivity index (χ1v) is 7.89. The molecule has 102 valence electrons. The van der Waals surface area contributed by atoms with Crippen LogP contribution in [0, 0.1) is 5.92 Å². The molecule has 0 bridgehead atoms. The minimum atomic E-state index is 0.239. The topological polar surface area (TPSA) is 12.0 Å². The van der Waals surface area contributed by atoms with E-state index in [0.29, 0.717) is 12.0 Å². The van der Waals surface area contributed by atoms with Crippen molar-refractivity contribution in [3.8, 4) is 0 Å². The third-order valence-corrected chi connectivity index (χ3v) is 4.62. The van der Waals surface area contributed by atoms with E-state index < -0.39 is 0 Å². The van der Waals surface area contributed by atoms with Crippen molar-refractivity contribution in [3.05, 3.63) is 57.2 Å². The van der Waals surface area contributed by atoms with Gasteiger partial charge in [-0.15, -0.1) is 11.3 Å². The number of hydrogen-bond donors (Lipinski definition) is 1. The molecule has 1 nitrogen and oxygen atoms in total. The van der Waals surface area contributed by atoms with E-state index in [1.165, 1.54) is 4.88 Å². The van der Waals surface area contributed by atoms with E-state index in [1.807, 2.05) is 18.2 Å². The number of benzene rings is 1. The van der Waals surface area contributed by atoms with Crippen LogP contribution in [0.2, 0.25) is 5.02 Å². The van der Waals surface area contributed by atoms with Gasteiger partial charge in [-0.3, -0.25) is 0 Å². The summed E-state index contributed by atoms with van der Waals surface area (Å²) in [5, 5.41) is 6.66. The molecule has 1 aromatic heterocycles. The van der Waals surface area contributed by atoms with Gasteiger partial charge in [-0.1, -0.05) is 49.7 Å². The number of halogens is 1. The molecule has 0 saturated heterocycles. The Balaban J connectivity index is 2.16. The summed E-state index contributed by atoms with van der Waals surface area (Å²) in [4.78, 5) is 1.38. The first-order valence-electron chi connectivity index (χ1n) is 6.63. The highest BCUT2D eigenvalue weighted by molar-refractivity contribution is 7.10. The molecule has 19 heavy (non-hydrogen) atoms.